The molecule has 6 nitrogen and oxygen atoms in total. The van der Waals surface area contributed by atoms with E-state index in [2.05, 4.69) is 105 Å². The number of aliphatic hydroxyl groups is 2. The number of carbonyl (C=O) groups excluding carboxylic acids is 2. The molecule has 0 bridgehead atoms. The second kappa shape index (κ2) is 53.0. The van der Waals surface area contributed by atoms with Crippen LogP contribution < -0.4 is 5.32 Å². The molecule has 0 aromatic carbocycles. The van der Waals surface area contributed by atoms with Gasteiger partial charge < -0.3 is 20.3 Å². The number of esters is 1. The topological polar surface area (TPSA) is 95.9 Å². The van der Waals surface area contributed by atoms with Crippen LogP contribution in [0.1, 0.15) is 258 Å². The number of ether oxygens (including phenoxy) is 1. The molecule has 0 saturated carbocycles. The molecule has 0 aromatic heterocycles. The van der Waals surface area contributed by atoms with Gasteiger partial charge in [0.05, 0.1) is 25.2 Å². The van der Waals surface area contributed by atoms with Crippen molar-refractivity contribution < 1.29 is 24.5 Å². The van der Waals surface area contributed by atoms with E-state index < -0.39 is 18.2 Å². The highest BCUT2D eigenvalue weighted by molar-refractivity contribution is 5.77. The number of rotatable bonds is 49. The lowest BCUT2D eigenvalue weighted by Crippen LogP contribution is -2.46. The van der Waals surface area contributed by atoms with Gasteiger partial charge in [0.1, 0.15) is 6.10 Å². The zero-order valence-electron chi connectivity index (χ0n) is 43.3. The van der Waals surface area contributed by atoms with Crippen LogP contribution in [0, 0.1) is 0 Å². The van der Waals surface area contributed by atoms with Gasteiger partial charge in [0, 0.05) is 6.42 Å². The van der Waals surface area contributed by atoms with Crippen LogP contribution in [-0.2, 0) is 14.3 Å². The Balaban J connectivity index is 4.68. The Kier molecular flexibility index (Phi) is 50.6. The quantitative estimate of drug-likeness (QED) is 0.0245. The minimum absolute atomic E-state index is 0.0426. The zero-order chi connectivity index (χ0) is 48.1. The summed E-state index contributed by atoms with van der Waals surface area (Å²) >= 11 is 0. The van der Waals surface area contributed by atoms with Gasteiger partial charge in [-0.15, -0.1) is 0 Å². The Labute approximate surface area is 408 Å². The van der Waals surface area contributed by atoms with Gasteiger partial charge in [-0.3, -0.25) is 9.59 Å². The SMILES string of the molecule is CCCCC/C=C\C/C=C\C/C=C\CCCCCCCCC(=O)OC(CCCCC/C=C/C=C/C=C/C=C/CCCCC)CC(=O)NC(CO)C(O)CCCCCCCCCCCCCC. The molecule has 0 aliphatic heterocycles. The Bertz CT molecular complexity index is 1260. The maximum absolute atomic E-state index is 13.2. The predicted octanol–water partition coefficient (Wildman–Crippen LogP) is 17.1. The van der Waals surface area contributed by atoms with Crippen molar-refractivity contribution in [2.45, 2.75) is 277 Å². The summed E-state index contributed by atoms with van der Waals surface area (Å²) in [5, 5.41) is 23.8. The Morgan fingerprint density at radius 2 is 0.833 bits per heavy atom. The molecular weight excluding hydrogens is 815 g/mol. The van der Waals surface area contributed by atoms with E-state index in [1.54, 1.807) is 0 Å². The van der Waals surface area contributed by atoms with Gasteiger partial charge in [-0.1, -0.05) is 241 Å². The molecule has 0 aliphatic rings. The molecule has 6 heteroatoms. The Morgan fingerprint density at radius 3 is 1.35 bits per heavy atom. The average Bonchev–Trinajstić information content (AvgIpc) is 3.31. The van der Waals surface area contributed by atoms with Crippen LogP contribution in [-0.4, -0.2) is 46.9 Å². The number of allylic oxidation sites excluding steroid dienone is 14. The first kappa shape index (κ1) is 63.0. The molecule has 0 aromatic rings. The smallest absolute Gasteiger partial charge is 0.306 e. The maximum atomic E-state index is 13.2. The second-order valence-electron chi connectivity index (χ2n) is 18.7. The van der Waals surface area contributed by atoms with Crippen molar-refractivity contribution in [1.29, 1.82) is 0 Å². The van der Waals surface area contributed by atoms with Crippen molar-refractivity contribution in [2.24, 2.45) is 0 Å². The molecule has 0 spiro atoms. The maximum Gasteiger partial charge on any atom is 0.306 e. The molecule has 1 amide bonds. The highest BCUT2D eigenvalue weighted by Crippen LogP contribution is 2.17. The molecule has 0 radical (unpaired) electrons. The van der Waals surface area contributed by atoms with E-state index in [4.69, 9.17) is 4.74 Å². The second-order valence-corrected chi connectivity index (χ2v) is 18.7. The number of nitrogens with one attached hydrogen (secondary N) is 1. The van der Waals surface area contributed by atoms with E-state index >= 15 is 0 Å². The van der Waals surface area contributed by atoms with Crippen LogP contribution in [0.25, 0.3) is 0 Å². The van der Waals surface area contributed by atoms with E-state index in [9.17, 15) is 19.8 Å². The van der Waals surface area contributed by atoms with Crippen molar-refractivity contribution in [1.82, 2.24) is 5.32 Å². The lowest BCUT2D eigenvalue weighted by molar-refractivity contribution is -0.151. The fraction of sp³-hybridized carbons (Fsp3) is 0.733. The van der Waals surface area contributed by atoms with Gasteiger partial charge in [-0.2, -0.15) is 0 Å². The van der Waals surface area contributed by atoms with Crippen molar-refractivity contribution in [3.63, 3.8) is 0 Å². The average molecular weight is 921 g/mol. The van der Waals surface area contributed by atoms with Gasteiger partial charge in [-0.05, 0) is 89.9 Å². The van der Waals surface area contributed by atoms with Crippen molar-refractivity contribution >= 4 is 11.9 Å². The summed E-state index contributed by atoms with van der Waals surface area (Å²) < 4.78 is 5.93. The molecule has 0 aliphatic carbocycles. The lowest BCUT2D eigenvalue weighted by atomic mass is 10.0. The molecule has 66 heavy (non-hydrogen) atoms. The minimum Gasteiger partial charge on any atom is -0.462 e. The number of carbonyl (C=O) groups is 2. The minimum atomic E-state index is -0.805. The molecule has 3 atom stereocenters. The van der Waals surface area contributed by atoms with Gasteiger partial charge in [0.25, 0.3) is 0 Å². The van der Waals surface area contributed by atoms with Crippen LogP contribution in [0.3, 0.4) is 0 Å². The number of amides is 1. The number of aliphatic hydroxyl groups excluding tert-OH is 2. The largest absolute Gasteiger partial charge is 0.462 e. The zero-order valence-corrected chi connectivity index (χ0v) is 43.3. The van der Waals surface area contributed by atoms with Gasteiger partial charge in [0.15, 0.2) is 0 Å². The van der Waals surface area contributed by atoms with E-state index in [-0.39, 0.29) is 24.9 Å². The van der Waals surface area contributed by atoms with E-state index in [1.807, 2.05) is 6.08 Å². The van der Waals surface area contributed by atoms with Crippen LogP contribution in [0.2, 0.25) is 0 Å². The molecule has 3 N–H and O–H groups in total. The van der Waals surface area contributed by atoms with Crippen molar-refractivity contribution in [3.8, 4) is 0 Å². The summed E-state index contributed by atoms with van der Waals surface area (Å²) in [6.45, 7) is 6.41. The first-order valence-corrected chi connectivity index (χ1v) is 27.9. The third kappa shape index (κ3) is 47.5. The molecule has 0 fully saturated rings. The van der Waals surface area contributed by atoms with Gasteiger partial charge >= 0.3 is 5.97 Å². The molecule has 0 saturated heterocycles. The number of hydrogen-bond donors (Lipinski definition) is 3. The van der Waals surface area contributed by atoms with E-state index in [0.717, 1.165) is 89.9 Å². The summed E-state index contributed by atoms with van der Waals surface area (Å²) in [5.41, 5.74) is 0. The highest BCUT2D eigenvalue weighted by atomic mass is 16.5. The number of unbranched alkanes of at least 4 members (excludes halogenated alkanes) is 26. The van der Waals surface area contributed by atoms with Gasteiger partial charge in [0.2, 0.25) is 5.91 Å². The summed E-state index contributed by atoms with van der Waals surface area (Å²) in [5.74, 6) is -0.528. The molecule has 3 unspecified atom stereocenters. The first-order valence-electron chi connectivity index (χ1n) is 27.9. The van der Waals surface area contributed by atoms with E-state index in [0.29, 0.717) is 19.3 Å². The normalized spacial score (nSPS) is 13.8. The summed E-state index contributed by atoms with van der Waals surface area (Å²) in [4.78, 5) is 26.2. The van der Waals surface area contributed by atoms with Gasteiger partial charge in [-0.25, -0.2) is 0 Å². The van der Waals surface area contributed by atoms with Crippen molar-refractivity contribution in [3.05, 3.63) is 85.1 Å². The first-order chi connectivity index (χ1) is 32.5. The molecule has 380 valence electrons. The van der Waals surface area contributed by atoms with Crippen LogP contribution in [0.5, 0.6) is 0 Å². The summed E-state index contributed by atoms with van der Waals surface area (Å²) in [6.07, 6.45) is 69.2. The predicted molar refractivity (Wildman–Crippen MR) is 287 cm³/mol. The monoisotopic (exact) mass is 920 g/mol. The molecule has 0 heterocycles. The fourth-order valence-corrected chi connectivity index (χ4v) is 8.04. The fourth-order valence-electron chi connectivity index (χ4n) is 8.04. The number of hydrogen-bond acceptors (Lipinski definition) is 5. The van der Waals surface area contributed by atoms with Crippen LogP contribution in [0.4, 0.5) is 0 Å². The molecule has 0 rings (SSSR count). The summed E-state index contributed by atoms with van der Waals surface area (Å²) in [7, 11) is 0. The van der Waals surface area contributed by atoms with Crippen LogP contribution >= 0.6 is 0 Å². The van der Waals surface area contributed by atoms with E-state index in [1.165, 1.54) is 122 Å². The highest BCUT2D eigenvalue weighted by Gasteiger charge is 2.24. The van der Waals surface area contributed by atoms with Crippen LogP contribution in [0.15, 0.2) is 85.1 Å². The van der Waals surface area contributed by atoms with Crippen molar-refractivity contribution in [2.75, 3.05) is 6.61 Å². The Morgan fingerprint density at radius 1 is 0.455 bits per heavy atom. The summed E-state index contributed by atoms with van der Waals surface area (Å²) in [6, 6.07) is -0.722. The third-order valence-electron chi connectivity index (χ3n) is 12.3. The standard InChI is InChI=1S/C60H105NO5/c1-4-7-10-13-16-19-22-25-27-29-30-31-33-35-38-41-44-47-50-53-60(65)66-56(51-48-45-42-39-36-34-32-28-26-23-20-17-14-11-8-5-2)54-59(64)61-57(55-62)58(63)52-49-46-43-40-37-24-21-18-15-12-9-6-3/h16-17,19-20,23,25-28,30-32,34,36,56-58,62-63H,4-15,18,21-22,24,29,33,35,37-55H2,1-3H3,(H,61,64)/b19-16-,20-17+,26-23+,27-25-,31-30-,32-28+,36-34+. The Hall–Kier alpha value is -2.96. The third-order valence-corrected chi connectivity index (χ3v) is 12.3. The lowest BCUT2D eigenvalue weighted by Gasteiger charge is -2.24. The molecular formula is C60H105NO5.